The van der Waals surface area contributed by atoms with Crippen molar-refractivity contribution in [2.24, 2.45) is 17.6 Å². The Morgan fingerprint density at radius 1 is 1.22 bits per heavy atom. The molecule has 1 unspecified atom stereocenters. The highest BCUT2D eigenvalue weighted by Gasteiger charge is 2.27. The molecule has 1 aliphatic carbocycles. The van der Waals surface area contributed by atoms with Gasteiger partial charge in [0, 0.05) is 12.5 Å². The zero-order chi connectivity index (χ0) is 19.5. The van der Waals surface area contributed by atoms with E-state index in [2.05, 4.69) is 10.6 Å². The smallest absolute Gasteiger partial charge is 0.412 e. The molecule has 7 N–H and O–H groups in total. The van der Waals surface area contributed by atoms with E-state index in [9.17, 15) is 19.3 Å². The van der Waals surface area contributed by atoms with Crippen LogP contribution in [0.15, 0.2) is 0 Å². The fourth-order valence-electron chi connectivity index (χ4n) is 2.74. The van der Waals surface area contributed by atoms with Gasteiger partial charge in [-0.05, 0) is 23.3 Å². The van der Waals surface area contributed by atoms with Crippen LogP contribution in [-0.4, -0.2) is 60.4 Å². The summed E-state index contributed by atoms with van der Waals surface area (Å²) in [5.74, 6) is -0.392. The van der Waals surface area contributed by atoms with E-state index in [4.69, 9.17) is 10.3 Å². The summed E-state index contributed by atoms with van der Waals surface area (Å²) in [5.41, 5.74) is 5.68. The van der Waals surface area contributed by atoms with Crippen molar-refractivity contribution in [2.75, 3.05) is 25.9 Å². The minimum atomic E-state index is -1.78. The zero-order valence-electron chi connectivity index (χ0n) is 16.3. The van der Waals surface area contributed by atoms with Gasteiger partial charge in [-0.25, -0.2) is 0 Å². The average Bonchev–Trinajstić information content (AvgIpc) is 2.62. The number of nitrogens with one attached hydrogen (secondary N) is 2. The van der Waals surface area contributed by atoms with Crippen molar-refractivity contribution in [1.82, 2.24) is 10.6 Å². The summed E-state index contributed by atoms with van der Waals surface area (Å²) in [7, 11) is -1.78. The fraction of sp³-hybridized carbons (Fsp3) is 0.882. The van der Waals surface area contributed by atoms with Gasteiger partial charge >= 0.3 is 8.03 Å². The van der Waals surface area contributed by atoms with Crippen LogP contribution in [-0.2, 0) is 18.7 Å². The molecule has 0 heterocycles. The van der Waals surface area contributed by atoms with Gasteiger partial charge in [-0.2, -0.15) is 0 Å². The van der Waals surface area contributed by atoms with Crippen LogP contribution >= 0.6 is 8.03 Å². The van der Waals surface area contributed by atoms with Gasteiger partial charge in [0.1, 0.15) is 6.61 Å². The Kier molecular flexibility index (Phi) is 13.4. The molecule has 158 valence electrons. The van der Waals surface area contributed by atoms with E-state index >= 15 is 0 Å². The number of carbonyl (C=O) groups excluding carboxylic acids is 2. The van der Waals surface area contributed by atoms with Crippen LogP contribution in [0.2, 0.25) is 0 Å². The molecule has 0 aromatic carbocycles. The van der Waals surface area contributed by atoms with Gasteiger partial charge < -0.3 is 26.9 Å². The lowest BCUT2D eigenvalue weighted by atomic mass is 9.91. The highest BCUT2D eigenvalue weighted by atomic mass is 31.1. The molecule has 27 heavy (non-hydrogen) atoms. The summed E-state index contributed by atoms with van der Waals surface area (Å²) in [6.45, 7) is 3.31. The van der Waals surface area contributed by atoms with Crippen molar-refractivity contribution >= 4 is 19.8 Å². The third-order valence-electron chi connectivity index (χ3n) is 4.52. The SMILES string of the molecule is CC(C)[C@H](N)C(=O)NCC(=O)NC[C@H](O)CO[P+](=O)CC1CCCCC1.O. The lowest BCUT2D eigenvalue weighted by molar-refractivity contribution is -0.127. The molecule has 1 saturated carbocycles. The average molecular weight is 408 g/mol. The molecule has 0 aliphatic heterocycles. The molecular weight excluding hydrogens is 373 g/mol. The van der Waals surface area contributed by atoms with Crippen molar-refractivity contribution < 1.29 is 29.3 Å². The molecule has 0 aromatic rings. The van der Waals surface area contributed by atoms with Crippen LogP contribution in [0.25, 0.3) is 0 Å². The van der Waals surface area contributed by atoms with Crippen molar-refractivity contribution in [3.63, 3.8) is 0 Å². The number of nitrogens with two attached hydrogens (primary N) is 1. The largest absolute Gasteiger partial charge is 0.508 e. The predicted molar refractivity (Wildman–Crippen MR) is 103 cm³/mol. The summed E-state index contributed by atoms with van der Waals surface area (Å²) < 4.78 is 17.1. The first kappa shape index (κ1) is 25.9. The normalized spacial score (nSPS) is 17.6. The second kappa shape index (κ2) is 14.0. The van der Waals surface area contributed by atoms with Gasteiger partial charge in [-0.1, -0.05) is 33.1 Å². The Morgan fingerprint density at radius 3 is 2.44 bits per heavy atom. The molecule has 1 aliphatic rings. The first-order chi connectivity index (χ1) is 12.3. The lowest BCUT2D eigenvalue weighted by Gasteiger charge is -2.16. The van der Waals surface area contributed by atoms with E-state index in [0.29, 0.717) is 12.1 Å². The maximum atomic E-state index is 11.9. The van der Waals surface area contributed by atoms with Crippen molar-refractivity contribution in [2.45, 2.75) is 58.1 Å². The number of hydrogen-bond acceptors (Lipinski definition) is 6. The predicted octanol–water partition coefficient (Wildman–Crippen LogP) is 0.0776. The van der Waals surface area contributed by atoms with Crippen LogP contribution in [0.5, 0.6) is 0 Å². The van der Waals surface area contributed by atoms with Gasteiger partial charge in [0.2, 0.25) is 11.8 Å². The van der Waals surface area contributed by atoms with E-state index in [0.717, 1.165) is 12.8 Å². The first-order valence-electron chi connectivity index (χ1n) is 9.35. The first-order valence-corrected chi connectivity index (χ1v) is 10.7. The van der Waals surface area contributed by atoms with Crippen molar-refractivity contribution in [1.29, 1.82) is 0 Å². The van der Waals surface area contributed by atoms with Crippen LogP contribution in [0.4, 0.5) is 0 Å². The Bertz CT molecular complexity index is 472. The molecule has 0 bridgehead atoms. The molecule has 1 rings (SSSR count). The molecule has 0 spiro atoms. The summed E-state index contributed by atoms with van der Waals surface area (Å²) in [5, 5.41) is 14.8. The van der Waals surface area contributed by atoms with Crippen LogP contribution < -0.4 is 16.4 Å². The maximum absolute atomic E-state index is 11.9. The Balaban J connectivity index is 0.00000676. The molecule has 0 aromatic heterocycles. The number of amides is 2. The molecule has 2 amide bonds. The molecule has 9 nitrogen and oxygen atoms in total. The van der Waals surface area contributed by atoms with Crippen molar-refractivity contribution in [3.8, 4) is 0 Å². The minimum absolute atomic E-state index is 0. The lowest BCUT2D eigenvalue weighted by Crippen LogP contribution is -2.48. The van der Waals surface area contributed by atoms with E-state index in [1.807, 2.05) is 13.8 Å². The van der Waals surface area contributed by atoms with Gasteiger partial charge in [-0.15, -0.1) is 4.52 Å². The Morgan fingerprint density at radius 2 is 1.85 bits per heavy atom. The second-order valence-electron chi connectivity index (χ2n) is 7.26. The number of hydrogen-bond donors (Lipinski definition) is 4. The quantitative estimate of drug-likeness (QED) is 0.354. The van der Waals surface area contributed by atoms with Gasteiger partial charge in [0.05, 0.1) is 18.7 Å². The number of carbonyl (C=O) groups is 2. The van der Waals surface area contributed by atoms with Crippen LogP contribution in [0, 0.1) is 11.8 Å². The number of aliphatic hydroxyl groups excluding tert-OH is 1. The van der Waals surface area contributed by atoms with Crippen molar-refractivity contribution in [3.05, 3.63) is 0 Å². The monoisotopic (exact) mass is 408 g/mol. The molecule has 0 radical (unpaired) electrons. The third-order valence-corrected chi connectivity index (χ3v) is 5.77. The summed E-state index contributed by atoms with van der Waals surface area (Å²) in [4.78, 5) is 23.3. The minimum Gasteiger partial charge on any atom is -0.412 e. The highest BCUT2D eigenvalue weighted by molar-refractivity contribution is 7.39. The number of aliphatic hydroxyl groups is 1. The van der Waals surface area contributed by atoms with Gasteiger partial charge in [0.25, 0.3) is 0 Å². The molecule has 10 heteroatoms. The van der Waals surface area contributed by atoms with Crippen LogP contribution in [0.1, 0.15) is 46.0 Å². The van der Waals surface area contributed by atoms with E-state index in [1.54, 1.807) is 0 Å². The fourth-order valence-corrected chi connectivity index (χ4v) is 3.97. The number of rotatable bonds is 11. The maximum Gasteiger partial charge on any atom is 0.508 e. The molecule has 1 fully saturated rings. The Hall–Kier alpha value is -1.12. The Labute approximate surface area is 162 Å². The van der Waals surface area contributed by atoms with Gasteiger partial charge in [0.15, 0.2) is 6.16 Å². The second-order valence-corrected chi connectivity index (χ2v) is 8.55. The molecular formula is C17H35N3O6P+. The highest BCUT2D eigenvalue weighted by Crippen LogP contribution is 2.33. The topological polar surface area (TPSA) is 162 Å². The van der Waals surface area contributed by atoms with Gasteiger partial charge in [-0.3, -0.25) is 9.59 Å². The standard InChI is InChI=1S/C17H32N3O5P.H2O/c1-12(2)16(18)17(23)20-9-15(22)19-8-14(21)10-25-26(24)11-13-6-4-3-5-7-13;/h12-14,16,21H,3-11,18H2,1-2H3,(H-,19,20,22,23);1H2/p+1/t14-,16-;/m0./s1. The zero-order valence-corrected chi connectivity index (χ0v) is 17.2. The molecule has 0 saturated heterocycles. The third kappa shape index (κ3) is 11.3. The van der Waals surface area contributed by atoms with E-state index < -0.39 is 32.0 Å². The van der Waals surface area contributed by atoms with E-state index in [-0.39, 0.29) is 31.1 Å². The summed E-state index contributed by atoms with van der Waals surface area (Å²) in [6, 6.07) is -0.665. The van der Waals surface area contributed by atoms with Crippen LogP contribution in [0.3, 0.4) is 0 Å². The summed E-state index contributed by atoms with van der Waals surface area (Å²) >= 11 is 0. The molecule has 3 atom stereocenters. The summed E-state index contributed by atoms with van der Waals surface area (Å²) in [6.07, 6.45) is 5.39. The van der Waals surface area contributed by atoms with E-state index in [1.165, 1.54) is 19.3 Å².